The minimum Gasteiger partial charge on any atom is -0.481 e. The number of carbonyl (C=O) groups is 1. The Morgan fingerprint density at radius 3 is 2.80 bits per heavy atom. The lowest BCUT2D eigenvalue weighted by atomic mass is 9.99. The summed E-state index contributed by atoms with van der Waals surface area (Å²) in [5.41, 5.74) is 3.92. The summed E-state index contributed by atoms with van der Waals surface area (Å²) in [4.78, 5) is 26.4. The lowest BCUT2D eigenvalue weighted by Crippen LogP contribution is -2.37. The Morgan fingerprint density at radius 1 is 1.13 bits per heavy atom. The minimum atomic E-state index is -0.0510. The van der Waals surface area contributed by atoms with Gasteiger partial charge >= 0.3 is 0 Å². The van der Waals surface area contributed by atoms with Gasteiger partial charge in [0.1, 0.15) is 16.9 Å². The number of aromatic amines is 1. The van der Waals surface area contributed by atoms with Gasteiger partial charge in [-0.05, 0) is 48.4 Å². The van der Waals surface area contributed by atoms with Crippen molar-refractivity contribution < 1.29 is 9.53 Å². The zero-order chi connectivity index (χ0) is 20.5. The fraction of sp³-hybridized carbons (Fsp3) is 0.174. The molecule has 1 aromatic carbocycles. The Labute approximate surface area is 178 Å². The molecule has 0 aliphatic carbocycles. The van der Waals surface area contributed by atoms with Crippen LogP contribution in [0.15, 0.2) is 61.1 Å². The van der Waals surface area contributed by atoms with Crippen molar-refractivity contribution in [1.82, 2.24) is 19.9 Å². The second-order valence-electron chi connectivity index (χ2n) is 7.15. The molecule has 1 amide bonds. The monoisotopic (exact) mass is 418 g/mol. The van der Waals surface area contributed by atoms with Gasteiger partial charge in [-0.25, -0.2) is 4.98 Å². The van der Waals surface area contributed by atoms with Crippen LogP contribution in [0.1, 0.15) is 12.0 Å². The van der Waals surface area contributed by atoms with Crippen LogP contribution in [0.3, 0.4) is 0 Å². The normalized spacial score (nSPS) is 14.2. The smallest absolute Gasteiger partial charge is 0.260 e. The highest BCUT2D eigenvalue weighted by Crippen LogP contribution is 2.30. The average Bonchev–Trinajstić information content (AvgIpc) is 3.23. The van der Waals surface area contributed by atoms with E-state index in [1.807, 2.05) is 29.3 Å². The van der Waals surface area contributed by atoms with Crippen LogP contribution in [-0.2, 0) is 4.79 Å². The summed E-state index contributed by atoms with van der Waals surface area (Å²) in [5, 5.41) is 2.52. The second-order valence-corrected chi connectivity index (χ2v) is 7.56. The molecule has 1 aliphatic rings. The number of halogens is 1. The maximum Gasteiger partial charge on any atom is 0.260 e. The third kappa shape index (κ3) is 3.39. The first-order valence-corrected chi connectivity index (χ1v) is 10.1. The van der Waals surface area contributed by atoms with Crippen LogP contribution in [0, 0.1) is 0 Å². The van der Waals surface area contributed by atoms with Gasteiger partial charge in [0, 0.05) is 48.0 Å². The van der Waals surface area contributed by atoms with Gasteiger partial charge in [-0.1, -0.05) is 17.7 Å². The third-order valence-corrected chi connectivity index (χ3v) is 5.72. The summed E-state index contributed by atoms with van der Waals surface area (Å²) in [6.45, 7) is 1.18. The van der Waals surface area contributed by atoms with Gasteiger partial charge in [-0.2, -0.15) is 0 Å². The Kier molecular flexibility index (Phi) is 4.85. The first kappa shape index (κ1) is 18.6. The summed E-state index contributed by atoms with van der Waals surface area (Å²) in [5.74, 6) is 0.507. The van der Waals surface area contributed by atoms with E-state index in [-0.39, 0.29) is 12.5 Å². The molecule has 0 radical (unpaired) electrons. The van der Waals surface area contributed by atoms with E-state index in [0.29, 0.717) is 29.4 Å². The van der Waals surface area contributed by atoms with Crippen LogP contribution in [0.4, 0.5) is 0 Å². The van der Waals surface area contributed by atoms with Crippen molar-refractivity contribution in [1.29, 1.82) is 0 Å². The SMILES string of the molecule is O=C(COc1ccc(Cl)c2cccnc12)N1CC=C(c2c[nH]c3ncccc23)CC1. The van der Waals surface area contributed by atoms with Crippen molar-refractivity contribution in [2.45, 2.75) is 6.42 Å². The molecule has 0 bridgehead atoms. The van der Waals surface area contributed by atoms with Gasteiger partial charge in [0.25, 0.3) is 5.91 Å². The number of hydrogen-bond acceptors (Lipinski definition) is 4. The summed E-state index contributed by atoms with van der Waals surface area (Å²) in [6.07, 6.45) is 8.35. The highest BCUT2D eigenvalue weighted by atomic mass is 35.5. The number of hydrogen-bond donors (Lipinski definition) is 1. The van der Waals surface area contributed by atoms with E-state index in [9.17, 15) is 4.79 Å². The number of aromatic nitrogens is 3. The predicted octanol–water partition coefficient (Wildman–Crippen LogP) is 4.46. The molecule has 30 heavy (non-hydrogen) atoms. The summed E-state index contributed by atoms with van der Waals surface area (Å²) < 4.78 is 5.80. The number of carbonyl (C=O) groups excluding carboxylic acids is 1. The van der Waals surface area contributed by atoms with E-state index in [1.54, 1.807) is 24.5 Å². The van der Waals surface area contributed by atoms with Crippen molar-refractivity contribution in [2.24, 2.45) is 0 Å². The fourth-order valence-corrected chi connectivity index (χ4v) is 4.04. The largest absolute Gasteiger partial charge is 0.481 e. The molecular formula is C23H19ClN4O2. The Morgan fingerprint density at radius 2 is 1.97 bits per heavy atom. The van der Waals surface area contributed by atoms with Crippen molar-refractivity contribution in [2.75, 3.05) is 19.7 Å². The van der Waals surface area contributed by atoms with Crippen LogP contribution < -0.4 is 4.74 Å². The molecule has 6 nitrogen and oxygen atoms in total. The van der Waals surface area contributed by atoms with Gasteiger partial charge in [-0.15, -0.1) is 0 Å². The molecular weight excluding hydrogens is 400 g/mol. The van der Waals surface area contributed by atoms with Crippen molar-refractivity contribution in [3.8, 4) is 5.75 Å². The maximum atomic E-state index is 12.7. The molecule has 3 aromatic heterocycles. The molecule has 0 saturated carbocycles. The maximum absolute atomic E-state index is 12.7. The molecule has 7 heteroatoms. The van der Waals surface area contributed by atoms with Gasteiger partial charge in [-0.3, -0.25) is 9.78 Å². The average molecular weight is 419 g/mol. The topological polar surface area (TPSA) is 71.1 Å². The lowest BCUT2D eigenvalue weighted by Gasteiger charge is -2.26. The molecule has 1 aliphatic heterocycles. The first-order chi connectivity index (χ1) is 14.7. The van der Waals surface area contributed by atoms with E-state index in [2.05, 4.69) is 27.1 Å². The zero-order valence-corrected chi connectivity index (χ0v) is 16.9. The fourth-order valence-electron chi connectivity index (χ4n) is 3.82. The standard InChI is InChI=1S/C23H19ClN4O2/c24-19-5-6-20(22-17(19)4-2-9-25-22)30-14-21(29)28-11-7-15(8-12-28)18-13-27-23-16(18)3-1-10-26-23/h1-7,9-10,13H,8,11-12,14H2,(H,26,27). The number of rotatable bonds is 4. The Hall–Kier alpha value is -3.38. The van der Waals surface area contributed by atoms with Crippen LogP contribution >= 0.6 is 11.6 Å². The van der Waals surface area contributed by atoms with E-state index in [4.69, 9.17) is 16.3 Å². The zero-order valence-electron chi connectivity index (χ0n) is 16.1. The van der Waals surface area contributed by atoms with E-state index < -0.39 is 0 Å². The molecule has 1 N–H and O–H groups in total. The highest BCUT2D eigenvalue weighted by Gasteiger charge is 2.20. The molecule has 4 aromatic rings. The van der Waals surface area contributed by atoms with Crippen molar-refractivity contribution in [3.63, 3.8) is 0 Å². The van der Waals surface area contributed by atoms with Crippen LogP contribution in [0.25, 0.3) is 27.5 Å². The molecule has 4 heterocycles. The van der Waals surface area contributed by atoms with Crippen molar-refractivity contribution in [3.05, 3.63) is 71.7 Å². The van der Waals surface area contributed by atoms with E-state index in [0.717, 1.165) is 28.4 Å². The number of fused-ring (bicyclic) bond motifs is 2. The van der Waals surface area contributed by atoms with Crippen molar-refractivity contribution >= 4 is 45.0 Å². The summed E-state index contributed by atoms with van der Waals surface area (Å²) >= 11 is 6.22. The second kappa shape index (κ2) is 7.80. The van der Waals surface area contributed by atoms with Crippen LogP contribution in [0.2, 0.25) is 5.02 Å². The number of nitrogens with zero attached hydrogens (tertiary/aromatic N) is 3. The molecule has 0 spiro atoms. The number of benzene rings is 1. The van der Waals surface area contributed by atoms with Gasteiger partial charge in [0.05, 0.1) is 5.02 Å². The van der Waals surface area contributed by atoms with Crippen LogP contribution in [0.5, 0.6) is 5.75 Å². The first-order valence-electron chi connectivity index (χ1n) is 9.76. The van der Waals surface area contributed by atoms with E-state index >= 15 is 0 Å². The lowest BCUT2D eigenvalue weighted by molar-refractivity contribution is -0.132. The summed E-state index contributed by atoms with van der Waals surface area (Å²) in [7, 11) is 0. The van der Waals surface area contributed by atoms with Gasteiger partial charge in [0.15, 0.2) is 6.61 Å². The number of ether oxygens (including phenoxy) is 1. The third-order valence-electron chi connectivity index (χ3n) is 5.39. The number of amides is 1. The predicted molar refractivity (Wildman–Crippen MR) is 118 cm³/mol. The Balaban J connectivity index is 1.27. The number of nitrogens with one attached hydrogen (secondary N) is 1. The molecule has 0 unspecified atom stereocenters. The minimum absolute atomic E-state index is 0.0342. The molecule has 0 fully saturated rings. The molecule has 150 valence electrons. The molecule has 0 saturated heterocycles. The van der Waals surface area contributed by atoms with Gasteiger partial charge in [0.2, 0.25) is 0 Å². The molecule has 0 atom stereocenters. The molecule has 5 rings (SSSR count). The highest BCUT2D eigenvalue weighted by molar-refractivity contribution is 6.35. The van der Waals surface area contributed by atoms with E-state index in [1.165, 1.54) is 5.57 Å². The quantitative estimate of drug-likeness (QED) is 0.531. The number of H-pyrrole nitrogens is 1. The van der Waals surface area contributed by atoms with Gasteiger partial charge < -0.3 is 14.6 Å². The summed E-state index contributed by atoms with van der Waals surface area (Å²) in [6, 6.07) is 11.2. The van der Waals surface area contributed by atoms with Crippen LogP contribution in [-0.4, -0.2) is 45.5 Å². The number of pyridine rings is 2. The Bertz CT molecular complexity index is 1280.